The highest BCUT2D eigenvalue weighted by atomic mass is 16.6. The molecule has 1 saturated heterocycles. The molecule has 13 nitrogen and oxygen atoms in total. The van der Waals surface area contributed by atoms with Gasteiger partial charge in [0.15, 0.2) is 11.5 Å². The highest BCUT2D eigenvalue weighted by molar-refractivity contribution is 5.91. The number of rotatable bonds is 5. The molecule has 44 heavy (non-hydrogen) atoms. The molecule has 1 atom stereocenters. The Labute approximate surface area is 255 Å². The predicted molar refractivity (Wildman–Crippen MR) is 159 cm³/mol. The van der Waals surface area contributed by atoms with Crippen molar-refractivity contribution in [2.45, 2.75) is 25.4 Å². The van der Waals surface area contributed by atoms with Crippen molar-refractivity contribution in [3.05, 3.63) is 66.5 Å². The fourth-order valence-corrected chi connectivity index (χ4v) is 5.14. The van der Waals surface area contributed by atoms with Gasteiger partial charge in [-0.3, -0.25) is 19.3 Å². The lowest BCUT2D eigenvalue weighted by Crippen LogP contribution is -2.52. The van der Waals surface area contributed by atoms with Gasteiger partial charge in [-0.05, 0) is 30.2 Å². The molecule has 0 aliphatic carbocycles. The van der Waals surface area contributed by atoms with Gasteiger partial charge in [0.05, 0.1) is 26.8 Å². The third kappa shape index (κ3) is 7.65. The fraction of sp³-hybridized carbons (Fsp3) is 0.387. The van der Waals surface area contributed by atoms with Crippen molar-refractivity contribution >= 4 is 23.8 Å². The maximum absolute atomic E-state index is 13.4. The van der Waals surface area contributed by atoms with E-state index in [4.69, 9.17) is 14.2 Å². The number of hydrogen-bond acceptors (Lipinski definition) is 8. The number of ether oxygens (including phenoxy) is 3. The molecule has 2 N–H and O–H groups in total. The first-order chi connectivity index (χ1) is 21.4. The van der Waals surface area contributed by atoms with E-state index in [9.17, 15) is 19.2 Å². The number of carbonyl (C=O) groups is 4. The minimum atomic E-state index is -0.871. The van der Waals surface area contributed by atoms with Gasteiger partial charge in [-0.15, -0.1) is 0 Å². The highest BCUT2D eigenvalue weighted by Gasteiger charge is 2.28. The first-order valence-corrected chi connectivity index (χ1v) is 14.5. The zero-order valence-corrected chi connectivity index (χ0v) is 24.6. The number of nitrogens with one attached hydrogen (secondary N) is 2. The summed E-state index contributed by atoms with van der Waals surface area (Å²) in [5.74, 6) is 0.489. The molecule has 232 valence electrons. The molecule has 4 amide bonds. The molecule has 3 aromatic rings. The second kappa shape index (κ2) is 14.4. The summed E-state index contributed by atoms with van der Waals surface area (Å²) in [4.78, 5) is 59.1. The minimum absolute atomic E-state index is 0.178. The van der Waals surface area contributed by atoms with Crippen LogP contribution < -0.4 is 20.1 Å². The summed E-state index contributed by atoms with van der Waals surface area (Å²) in [5.41, 5.74) is 1.68. The number of carbonyl (C=O) groups excluding carboxylic acids is 4. The molecule has 0 unspecified atom stereocenters. The van der Waals surface area contributed by atoms with Crippen molar-refractivity contribution in [2.75, 3.05) is 53.0 Å². The largest absolute Gasteiger partial charge is 0.493 e. The van der Waals surface area contributed by atoms with Crippen LogP contribution in [0.4, 0.5) is 4.79 Å². The molecular formula is C31H36N6O7. The molecule has 0 spiro atoms. The molecule has 2 bridgehead atoms. The van der Waals surface area contributed by atoms with Gasteiger partial charge in [0.25, 0.3) is 0 Å². The van der Waals surface area contributed by atoms with E-state index in [0.29, 0.717) is 43.4 Å². The van der Waals surface area contributed by atoms with Crippen molar-refractivity contribution in [1.29, 1.82) is 0 Å². The third-order valence-corrected chi connectivity index (χ3v) is 7.41. The van der Waals surface area contributed by atoms with Crippen LogP contribution >= 0.6 is 0 Å². The number of fused-ring (bicyclic) bond motifs is 4. The maximum atomic E-state index is 13.4. The lowest BCUT2D eigenvalue weighted by molar-refractivity contribution is -0.137. The van der Waals surface area contributed by atoms with Gasteiger partial charge in [-0.2, -0.15) is 0 Å². The number of nitrogens with zero attached hydrogens (tertiary/aromatic N) is 4. The Kier molecular flexibility index (Phi) is 9.95. The summed E-state index contributed by atoms with van der Waals surface area (Å²) < 4.78 is 18.4. The molecule has 0 radical (unpaired) electrons. The molecule has 5 rings (SSSR count). The predicted octanol–water partition coefficient (Wildman–Crippen LogP) is 1.47. The fourth-order valence-electron chi connectivity index (χ4n) is 5.14. The van der Waals surface area contributed by atoms with Gasteiger partial charge < -0.3 is 34.3 Å². The number of imidazole rings is 1. The lowest BCUT2D eigenvalue weighted by Gasteiger charge is -2.26. The lowest BCUT2D eigenvalue weighted by atomic mass is 10.1. The molecule has 0 saturated carbocycles. The van der Waals surface area contributed by atoms with Gasteiger partial charge in [-0.25, -0.2) is 9.78 Å². The molecule has 1 fully saturated rings. The average molecular weight is 605 g/mol. The smallest absolute Gasteiger partial charge is 0.410 e. The van der Waals surface area contributed by atoms with Crippen molar-refractivity contribution in [2.24, 2.45) is 0 Å². The quantitative estimate of drug-likeness (QED) is 0.446. The van der Waals surface area contributed by atoms with Crippen LogP contribution in [0.1, 0.15) is 12.0 Å². The monoisotopic (exact) mass is 604 g/mol. The van der Waals surface area contributed by atoms with E-state index in [1.54, 1.807) is 19.4 Å². The standard InChI is InChI=1S/C31H36N6O7/c1-42-25-9-8-23-19-26(25)43-16-5-12-36(28(39)21-37-15-17-44-31(37)41)20-27(38)34-24(18-22-6-3-2-4-7-22)30(40)33-11-14-35-13-10-32-29(23)35/h2-4,6-10,13,19,24H,5,11-12,14-18,20-21H2,1H3,(H,33,40)(H,34,38)/t24-/m0/s1. The van der Waals surface area contributed by atoms with Crippen LogP contribution in [0.2, 0.25) is 0 Å². The normalized spacial score (nSPS) is 18.2. The zero-order valence-electron chi connectivity index (χ0n) is 24.6. The summed E-state index contributed by atoms with van der Waals surface area (Å²) in [6, 6.07) is 14.0. The van der Waals surface area contributed by atoms with Crippen LogP contribution in [0.3, 0.4) is 0 Å². The minimum Gasteiger partial charge on any atom is -0.493 e. The topological polar surface area (TPSA) is 144 Å². The Bertz CT molecular complexity index is 1480. The summed E-state index contributed by atoms with van der Waals surface area (Å²) in [5, 5.41) is 5.76. The highest BCUT2D eigenvalue weighted by Crippen LogP contribution is 2.32. The van der Waals surface area contributed by atoms with Gasteiger partial charge in [0.2, 0.25) is 17.7 Å². The van der Waals surface area contributed by atoms with Crippen LogP contribution in [0.5, 0.6) is 11.5 Å². The molecule has 13 heteroatoms. The maximum Gasteiger partial charge on any atom is 0.410 e. The van der Waals surface area contributed by atoms with Gasteiger partial charge >= 0.3 is 6.09 Å². The Morgan fingerprint density at radius 2 is 1.89 bits per heavy atom. The van der Waals surface area contributed by atoms with E-state index >= 15 is 0 Å². The molecule has 3 heterocycles. The summed E-state index contributed by atoms with van der Waals surface area (Å²) >= 11 is 0. The molecule has 2 aromatic carbocycles. The SMILES string of the molecule is COc1ccc2cc1OCCCN(C(=O)CN1CCOC1=O)CC(=O)N[C@@H](Cc1ccccc1)C(=O)NCCn1ccnc1-2. The Hall–Kier alpha value is -5.07. The van der Waals surface area contributed by atoms with Crippen LogP contribution in [-0.4, -0.2) is 102 Å². The van der Waals surface area contributed by atoms with E-state index in [0.717, 1.165) is 11.1 Å². The first kappa shape index (κ1) is 30.4. The van der Waals surface area contributed by atoms with Crippen molar-refractivity contribution in [1.82, 2.24) is 30.0 Å². The van der Waals surface area contributed by atoms with Crippen LogP contribution in [-0.2, 0) is 32.1 Å². The first-order valence-electron chi connectivity index (χ1n) is 14.5. The number of methoxy groups -OCH3 is 1. The van der Waals surface area contributed by atoms with E-state index in [2.05, 4.69) is 15.6 Å². The van der Waals surface area contributed by atoms with E-state index < -0.39 is 23.9 Å². The van der Waals surface area contributed by atoms with Crippen LogP contribution in [0.25, 0.3) is 11.4 Å². The van der Waals surface area contributed by atoms with Gasteiger partial charge in [0, 0.05) is 44.0 Å². The molecule has 2 aliphatic heterocycles. The van der Waals surface area contributed by atoms with Gasteiger partial charge in [-0.1, -0.05) is 30.3 Å². The second-order valence-electron chi connectivity index (χ2n) is 10.5. The number of aromatic nitrogens is 2. The number of amides is 4. The summed E-state index contributed by atoms with van der Waals surface area (Å²) in [6.45, 7) is 1.12. The van der Waals surface area contributed by atoms with Crippen LogP contribution in [0.15, 0.2) is 60.9 Å². The number of cyclic esters (lactones) is 1. The van der Waals surface area contributed by atoms with Crippen molar-refractivity contribution in [3.63, 3.8) is 0 Å². The Morgan fingerprint density at radius 3 is 2.66 bits per heavy atom. The van der Waals surface area contributed by atoms with E-state index in [1.807, 2.05) is 53.2 Å². The number of hydrogen-bond donors (Lipinski definition) is 2. The van der Waals surface area contributed by atoms with E-state index in [1.165, 1.54) is 9.80 Å². The zero-order chi connectivity index (χ0) is 30.9. The molecular weight excluding hydrogens is 568 g/mol. The number of benzene rings is 2. The average Bonchev–Trinajstić information content (AvgIpc) is 3.66. The second-order valence-corrected chi connectivity index (χ2v) is 10.5. The summed E-state index contributed by atoms with van der Waals surface area (Å²) in [6.07, 6.45) is 3.61. The van der Waals surface area contributed by atoms with Gasteiger partial charge in [0.1, 0.15) is 25.0 Å². The van der Waals surface area contributed by atoms with E-state index in [-0.39, 0.29) is 45.2 Å². The Morgan fingerprint density at radius 1 is 1.05 bits per heavy atom. The van der Waals surface area contributed by atoms with Crippen molar-refractivity contribution in [3.8, 4) is 22.9 Å². The van der Waals surface area contributed by atoms with Crippen molar-refractivity contribution < 1.29 is 33.4 Å². The summed E-state index contributed by atoms with van der Waals surface area (Å²) in [7, 11) is 1.55. The third-order valence-electron chi connectivity index (χ3n) is 7.41. The Balaban J connectivity index is 1.40. The molecule has 2 aliphatic rings. The van der Waals surface area contributed by atoms with Crippen LogP contribution in [0, 0.1) is 0 Å². The molecule has 1 aromatic heterocycles.